The summed E-state index contributed by atoms with van der Waals surface area (Å²) in [5, 5.41) is 6.42. The maximum absolute atomic E-state index is 12.5. The van der Waals surface area contributed by atoms with Crippen molar-refractivity contribution in [3.8, 4) is 0 Å². The number of nitrogens with one attached hydrogen (secondary N) is 1. The van der Waals surface area contributed by atoms with Gasteiger partial charge in [0.1, 0.15) is 5.69 Å². The highest BCUT2D eigenvalue weighted by Gasteiger charge is 2.36. The van der Waals surface area contributed by atoms with Gasteiger partial charge in [0.15, 0.2) is 0 Å². The number of carbonyl (C=O) groups excluding carboxylic acids is 1. The fraction of sp³-hybridized carbons (Fsp3) is 0.714. The molecule has 0 radical (unpaired) electrons. The molecule has 1 fully saturated rings. The van der Waals surface area contributed by atoms with Gasteiger partial charge in [-0.25, -0.2) is 8.78 Å². The minimum atomic E-state index is -2.71. The van der Waals surface area contributed by atoms with Gasteiger partial charge in [0.2, 0.25) is 11.7 Å². The van der Waals surface area contributed by atoms with E-state index in [1.54, 1.807) is 13.8 Å². The molecular weight excluding hydrogens is 280 g/mol. The number of aromatic nitrogens is 1. The predicted molar refractivity (Wildman–Crippen MR) is 72.8 cm³/mol. The number of hydrogen-bond acceptors (Lipinski definition) is 4. The van der Waals surface area contributed by atoms with Gasteiger partial charge in [-0.3, -0.25) is 9.69 Å². The van der Waals surface area contributed by atoms with E-state index in [-0.39, 0.29) is 17.0 Å². The second-order valence-corrected chi connectivity index (χ2v) is 6.90. The van der Waals surface area contributed by atoms with E-state index < -0.39 is 17.7 Å². The molecular formula is C14H21F2N3O2. The molecule has 7 heteroatoms. The lowest BCUT2D eigenvalue weighted by Gasteiger charge is -2.45. The Morgan fingerprint density at radius 2 is 2.14 bits per heavy atom. The average Bonchev–Trinajstić information content (AvgIpc) is 2.74. The number of amides is 1. The first kappa shape index (κ1) is 15.9. The van der Waals surface area contributed by atoms with Gasteiger partial charge >= 0.3 is 0 Å². The van der Waals surface area contributed by atoms with Crippen molar-refractivity contribution in [1.82, 2.24) is 15.4 Å². The number of carbonyl (C=O) groups is 1. The minimum absolute atomic E-state index is 0.155. The summed E-state index contributed by atoms with van der Waals surface area (Å²) in [6.07, 6.45) is -2.71. The molecule has 1 saturated heterocycles. The number of nitrogens with zero attached hydrogens (tertiary/aromatic N) is 2. The molecule has 1 aliphatic heterocycles. The quantitative estimate of drug-likeness (QED) is 0.906. The monoisotopic (exact) mass is 301 g/mol. The topological polar surface area (TPSA) is 58.4 Å². The van der Waals surface area contributed by atoms with Crippen LogP contribution in [0.1, 0.15) is 45.6 Å². The van der Waals surface area contributed by atoms with Crippen LogP contribution in [0.2, 0.25) is 0 Å². The van der Waals surface area contributed by atoms with Crippen LogP contribution >= 0.6 is 0 Å². The maximum atomic E-state index is 12.5. The van der Waals surface area contributed by atoms with E-state index in [9.17, 15) is 13.6 Å². The Bertz CT molecular complexity index is 518. The first-order valence-electron chi connectivity index (χ1n) is 6.88. The Morgan fingerprint density at radius 1 is 1.52 bits per heavy atom. The highest BCUT2D eigenvalue weighted by molar-refractivity contribution is 5.79. The molecule has 0 bridgehead atoms. The molecule has 1 amide bonds. The lowest BCUT2D eigenvalue weighted by atomic mass is 9.84. The maximum Gasteiger partial charge on any atom is 0.298 e. The third kappa shape index (κ3) is 3.78. The highest BCUT2D eigenvalue weighted by atomic mass is 19.3. The van der Waals surface area contributed by atoms with Crippen molar-refractivity contribution in [2.75, 3.05) is 19.6 Å². The second-order valence-electron chi connectivity index (χ2n) is 6.90. The largest absolute Gasteiger partial charge is 0.355 e. The van der Waals surface area contributed by atoms with Gasteiger partial charge in [0.05, 0.1) is 12.1 Å². The highest BCUT2D eigenvalue weighted by Crippen LogP contribution is 2.28. The van der Waals surface area contributed by atoms with Gasteiger partial charge in [-0.05, 0) is 19.3 Å². The Hall–Kier alpha value is -1.50. The Balaban J connectivity index is 1.92. The number of alkyl halides is 2. The van der Waals surface area contributed by atoms with Gasteiger partial charge in [0.25, 0.3) is 6.43 Å². The third-order valence-electron chi connectivity index (χ3n) is 3.51. The minimum Gasteiger partial charge on any atom is -0.355 e. The normalized spacial score (nSPS) is 18.6. The van der Waals surface area contributed by atoms with Crippen LogP contribution in [0.5, 0.6) is 0 Å². The van der Waals surface area contributed by atoms with Crippen LogP contribution < -0.4 is 5.32 Å². The van der Waals surface area contributed by atoms with E-state index in [0.29, 0.717) is 6.54 Å². The zero-order valence-electron chi connectivity index (χ0n) is 12.7. The Labute approximate surface area is 122 Å². The Morgan fingerprint density at radius 3 is 2.62 bits per heavy atom. The SMILES string of the molecule is CC1(C)CN(CC(=O)NC(C)(C)c2cc(C(F)F)on2)C1. The van der Waals surface area contributed by atoms with Gasteiger partial charge in [0, 0.05) is 19.2 Å². The van der Waals surface area contributed by atoms with Crippen molar-refractivity contribution in [2.24, 2.45) is 5.41 Å². The van der Waals surface area contributed by atoms with Crippen molar-refractivity contribution in [2.45, 2.75) is 39.7 Å². The smallest absolute Gasteiger partial charge is 0.298 e. The number of hydrogen-bond donors (Lipinski definition) is 1. The van der Waals surface area contributed by atoms with Crippen LogP contribution in [0, 0.1) is 5.41 Å². The molecule has 1 aromatic rings. The molecule has 21 heavy (non-hydrogen) atoms. The summed E-state index contributed by atoms with van der Waals surface area (Å²) >= 11 is 0. The van der Waals surface area contributed by atoms with E-state index >= 15 is 0 Å². The van der Waals surface area contributed by atoms with E-state index in [4.69, 9.17) is 0 Å². The summed E-state index contributed by atoms with van der Waals surface area (Å²) < 4.78 is 29.6. The summed E-state index contributed by atoms with van der Waals surface area (Å²) in [5.41, 5.74) is -0.308. The van der Waals surface area contributed by atoms with Gasteiger partial charge in [-0.1, -0.05) is 19.0 Å². The van der Waals surface area contributed by atoms with E-state index in [2.05, 4.69) is 28.8 Å². The zero-order chi connectivity index (χ0) is 15.8. The first-order valence-corrected chi connectivity index (χ1v) is 6.88. The van der Waals surface area contributed by atoms with Gasteiger partial charge < -0.3 is 9.84 Å². The fourth-order valence-electron chi connectivity index (χ4n) is 2.62. The Kier molecular flexibility index (Phi) is 4.06. The molecule has 0 aliphatic carbocycles. The van der Waals surface area contributed by atoms with E-state index in [1.165, 1.54) is 6.07 Å². The summed E-state index contributed by atoms with van der Waals surface area (Å²) in [6.45, 7) is 9.75. The molecule has 1 N–H and O–H groups in total. The van der Waals surface area contributed by atoms with Crippen LogP contribution in [-0.4, -0.2) is 35.6 Å². The van der Waals surface area contributed by atoms with Gasteiger partial charge in [-0.2, -0.15) is 0 Å². The standard InChI is InChI=1S/C14H21F2N3O2/c1-13(2)7-19(8-13)6-11(20)17-14(3,4)10-5-9(12(15)16)21-18-10/h5,12H,6-8H2,1-4H3,(H,17,20). The molecule has 0 saturated carbocycles. The summed E-state index contributed by atoms with van der Waals surface area (Å²) in [4.78, 5) is 14.1. The van der Waals surface area contributed by atoms with Crippen molar-refractivity contribution < 1.29 is 18.1 Å². The zero-order valence-corrected chi connectivity index (χ0v) is 12.7. The molecule has 1 aliphatic rings. The molecule has 2 heterocycles. The first-order chi connectivity index (χ1) is 9.59. The van der Waals surface area contributed by atoms with Crippen LogP contribution in [0.4, 0.5) is 8.78 Å². The molecule has 1 aromatic heterocycles. The second kappa shape index (κ2) is 5.36. The van der Waals surface area contributed by atoms with Crippen LogP contribution in [-0.2, 0) is 10.3 Å². The van der Waals surface area contributed by atoms with E-state index in [1.807, 2.05) is 4.90 Å². The summed E-state index contributed by atoms with van der Waals surface area (Å²) in [5.74, 6) is -0.645. The molecule has 0 unspecified atom stereocenters. The van der Waals surface area contributed by atoms with Crippen LogP contribution in [0.3, 0.4) is 0 Å². The average molecular weight is 301 g/mol. The number of rotatable bonds is 5. The lowest BCUT2D eigenvalue weighted by Crippen LogP contribution is -2.57. The summed E-state index contributed by atoms with van der Waals surface area (Å²) in [7, 11) is 0. The summed E-state index contributed by atoms with van der Waals surface area (Å²) in [6, 6.07) is 1.18. The molecule has 5 nitrogen and oxygen atoms in total. The molecule has 0 aromatic carbocycles. The fourth-order valence-corrected chi connectivity index (χ4v) is 2.62. The van der Waals surface area contributed by atoms with Crippen LogP contribution in [0.15, 0.2) is 10.6 Å². The van der Waals surface area contributed by atoms with Crippen LogP contribution in [0.25, 0.3) is 0 Å². The number of likely N-dealkylation sites (tertiary alicyclic amines) is 1. The molecule has 118 valence electrons. The van der Waals surface area contributed by atoms with Crippen molar-refractivity contribution in [1.29, 1.82) is 0 Å². The van der Waals surface area contributed by atoms with Crippen molar-refractivity contribution in [3.05, 3.63) is 17.5 Å². The number of halogens is 2. The van der Waals surface area contributed by atoms with Gasteiger partial charge in [-0.15, -0.1) is 0 Å². The molecule has 0 atom stereocenters. The molecule has 0 spiro atoms. The van der Waals surface area contributed by atoms with E-state index in [0.717, 1.165) is 13.1 Å². The third-order valence-corrected chi connectivity index (χ3v) is 3.51. The van der Waals surface area contributed by atoms with Crippen molar-refractivity contribution in [3.63, 3.8) is 0 Å². The lowest BCUT2D eigenvalue weighted by molar-refractivity contribution is -0.126. The van der Waals surface area contributed by atoms with Crippen molar-refractivity contribution >= 4 is 5.91 Å². The molecule has 2 rings (SSSR count). The predicted octanol–water partition coefficient (Wildman–Crippen LogP) is 2.31.